The predicted octanol–water partition coefficient (Wildman–Crippen LogP) is 2.45. The minimum Gasteiger partial charge on any atom is -0.469 e. The highest BCUT2D eigenvalue weighted by Gasteiger charge is 2.35. The molecule has 1 unspecified atom stereocenters. The number of methoxy groups -OCH3 is 1. The Morgan fingerprint density at radius 1 is 1.39 bits per heavy atom. The summed E-state index contributed by atoms with van der Waals surface area (Å²) in [5.41, 5.74) is 3.50. The number of esters is 1. The first kappa shape index (κ1) is 18.9. The zero-order chi connectivity index (χ0) is 17.5. The number of carbonyl (C=O) groups is 3. The highest BCUT2D eigenvalue weighted by Crippen LogP contribution is 2.39. The molecule has 23 heavy (non-hydrogen) atoms. The molecule has 1 rings (SSSR count). The summed E-state index contributed by atoms with van der Waals surface area (Å²) in [5.74, 6) is -1.32. The second-order valence-corrected chi connectivity index (χ2v) is 6.20. The van der Waals surface area contributed by atoms with Gasteiger partial charge in [0.15, 0.2) is 0 Å². The van der Waals surface area contributed by atoms with Crippen molar-refractivity contribution in [3.8, 4) is 0 Å². The number of carbonyl (C=O) groups excluding carboxylic acids is 3. The highest BCUT2D eigenvalue weighted by molar-refractivity contribution is 5.81. The average Bonchev–Trinajstić information content (AvgIpc) is 2.54. The van der Waals surface area contributed by atoms with Crippen LogP contribution in [0.2, 0.25) is 0 Å². The first-order valence-corrected chi connectivity index (χ1v) is 7.71. The maximum absolute atomic E-state index is 12.1. The Kier molecular flexibility index (Phi) is 7.00. The van der Waals surface area contributed by atoms with Gasteiger partial charge in [-0.3, -0.25) is 4.79 Å². The lowest BCUT2D eigenvalue weighted by Gasteiger charge is -2.33. The van der Waals surface area contributed by atoms with E-state index >= 15 is 0 Å². The zero-order valence-electron chi connectivity index (χ0n) is 14.0. The third kappa shape index (κ3) is 4.94. The van der Waals surface area contributed by atoms with Crippen LogP contribution in [0.25, 0.3) is 0 Å². The molecule has 1 N–H and O–H groups in total. The number of hydrogen-bond donors (Lipinski definition) is 1. The fourth-order valence-corrected chi connectivity index (χ4v) is 2.81. The van der Waals surface area contributed by atoms with Crippen LogP contribution < -0.4 is 5.48 Å². The van der Waals surface area contributed by atoms with E-state index in [2.05, 4.69) is 12.1 Å². The molecule has 0 aromatic heterocycles. The minimum absolute atomic E-state index is 0.234. The van der Waals surface area contributed by atoms with Gasteiger partial charge in [0.25, 0.3) is 0 Å². The smallest absolute Gasteiger partial charge is 0.355 e. The topological polar surface area (TPSA) is 81.7 Å². The summed E-state index contributed by atoms with van der Waals surface area (Å²) in [7, 11) is 1.36. The van der Waals surface area contributed by atoms with Crippen LogP contribution in [0.15, 0.2) is 23.9 Å². The molecule has 0 radical (unpaired) electrons. The zero-order valence-corrected chi connectivity index (χ0v) is 14.0. The number of allylic oxidation sites excluding steroid dienone is 1. The summed E-state index contributed by atoms with van der Waals surface area (Å²) in [4.78, 5) is 39.4. The summed E-state index contributed by atoms with van der Waals surface area (Å²) < 4.78 is 4.90. The van der Waals surface area contributed by atoms with Gasteiger partial charge in [0.1, 0.15) is 6.29 Å². The Bertz CT molecular complexity index is 507. The van der Waals surface area contributed by atoms with E-state index in [1.54, 1.807) is 0 Å². The third-order valence-electron chi connectivity index (χ3n) is 4.11. The fourth-order valence-electron chi connectivity index (χ4n) is 2.81. The highest BCUT2D eigenvalue weighted by atomic mass is 16.7. The fraction of sp³-hybridized carbons (Fsp3) is 0.588. The summed E-state index contributed by atoms with van der Waals surface area (Å²) in [6.45, 7) is 7.07. The molecule has 6 heteroatoms. The molecule has 6 nitrogen and oxygen atoms in total. The number of hydroxylamine groups is 1. The van der Waals surface area contributed by atoms with Crippen molar-refractivity contribution < 1.29 is 24.0 Å². The maximum Gasteiger partial charge on any atom is 0.355 e. The number of hydrogen-bond acceptors (Lipinski definition) is 6. The largest absolute Gasteiger partial charge is 0.469 e. The van der Waals surface area contributed by atoms with Gasteiger partial charge in [-0.15, -0.1) is 0 Å². The number of aldehydes is 1. The molecule has 0 aromatic carbocycles. The first-order chi connectivity index (χ1) is 10.9. The molecule has 0 heterocycles. The summed E-state index contributed by atoms with van der Waals surface area (Å²) in [6.07, 6.45) is 5.32. The van der Waals surface area contributed by atoms with Crippen LogP contribution in [-0.4, -0.2) is 25.3 Å². The molecule has 1 atom stereocenters. The second-order valence-electron chi connectivity index (χ2n) is 6.20. The van der Waals surface area contributed by atoms with Crippen molar-refractivity contribution in [2.75, 3.05) is 7.11 Å². The lowest BCUT2D eigenvalue weighted by Crippen LogP contribution is -2.34. The van der Waals surface area contributed by atoms with E-state index < -0.39 is 11.4 Å². The average molecular weight is 323 g/mol. The standard InChI is InChI=1S/C17H25NO5/c1-5-14(20)23-18-15(17(2,3)10-11-19)12-8-6-7-9-13(12)16(21)22-4/h5,11,13,18H,1,6-10H2,2-4H3/b15-12+. The van der Waals surface area contributed by atoms with E-state index in [9.17, 15) is 14.4 Å². The SMILES string of the molecule is C=CC(=O)ON/C(=C1\CCCCC1C(=O)OC)C(C)(C)CC=O. The van der Waals surface area contributed by atoms with Crippen molar-refractivity contribution in [1.82, 2.24) is 5.48 Å². The Hall–Kier alpha value is -2.11. The molecule has 1 fully saturated rings. The van der Waals surface area contributed by atoms with Crippen molar-refractivity contribution in [1.29, 1.82) is 0 Å². The van der Waals surface area contributed by atoms with Crippen LogP contribution in [0, 0.1) is 11.3 Å². The second kappa shape index (κ2) is 8.50. The van der Waals surface area contributed by atoms with E-state index in [-0.39, 0.29) is 18.3 Å². The van der Waals surface area contributed by atoms with Gasteiger partial charge in [-0.05, 0) is 24.8 Å². The van der Waals surface area contributed by atoms with Crippen LogP contribution in [0.5, 0.6) is 0 Å². The van der Waals surface area contributed by atoms with E-state index in [0.717, 1.165) is 30.8 Å². The lowest BCUT2D eigenvalue weighted by molar-refractivity contribution is -0.144. The van der Waals surface area contributed by atoms with Gasteiger partial charge in [0.2, 0.25) is 0 Å². The van der Waals surface area contributed by atoms with Gasteiger partial charge < -0.3 is 14.4 Å². The van der Waals surface area contributed by atoms with Crippen molar-refractivity contribution in [3.63, 3.8) is 0 Å². The number of nitrogens with one attached hydrogen (secondary N) is 1. The maximum atomic E-state index is 12.1. The van der Waals surface area contributed by atoms with Crippen LogP contribution in [0.3, 0.4) is 0 Å². The first-order valence-electron chi connectivity index (χ1n) is 7.71. The Morgan fingerprint density at radius 3 is 2.65 bits per heavy atom. The van der Waals surface area contributed by atoms with Crippen molar-refractivity contribution in [2.24, 2.45) is 11.3 Å². The van der Waals surface area contributed by atoms with Crippen molar-refractivity contribution in [3.05, 3.63) is 23.9 Å². The molecule has 0 saturated heterocycles. The molecule has 0 aliphatic heterocycles. The van der Waals surface area contributed by atoms with E-state index in [4.69, 9.17) is 9.57 Å². The summed E-state index contributed by atoms with van der Waals surface area (Å²) in [6, 6.07) is 0. The van der Waals surface area contributed by atoms with Gasteiger partial charge in [0, 0.05) is 17.9 Å². The van der Waals surface area contributed by atoms with Gasteiger partial charge in [0.05, 0.1) is 18.7 Å². The molecular weight excluding hydrogens is 298 g/mol. The quantitative estimate of drug-likeness (QED) is 0.335. The van der Waals surface area contributed by atoms with E-state index in [0.29, 0.717) is 18.5 Å². The van der Waals surface area contributed by atoms with Gasteiger partial charge in [-0.1, -0.05) is 26.8 Å². The van der Waals surface area contributed by atoms with Crippen LogP contribution in [-0.2, 0) is 24.0 Å². The van der Waals surface area contributed by atoms with Crippen molar-refractivity contribution >= 4 is 18.2 Å². The molecule has 1 saturated carbocycles. The van der Waals surface area contributed by atoms with Crippen LogP contribution in [0.4, 0.5) is 0 Å². The van der Waals surface area contributed by atoms with E-state index in [1.165, 1.54) is 7.11 Å². The molecule has 0 spiro atoms. The van der Waals surface area contributed by atoms with Gasteiger partial charge in [-0.25, -0.2) is 10.3 Å². The number of ether oxygens (including phenoxy) is 1. The Labute approximate surface area is 136 Å². The normalized spacial score (nSPS) is 20.2. The lowest BCUT2D eigenvalue weighted by atomic mass is 9.76. The van der Waals surface area contributed by atoms with Gasteiger partial charge in [-0.2, -0.15) is 0 Å². The predicted molar refractivity (Wildman–Crippen MR) is 84.9 cm³/mol. The Morgan fingerprint density at radius 2 is 2.09 bits per heavy atom. The molecule has 1 aliphatic carbocycles. The molecule has 0 aromatic rings. The van der Waals surface area contributed by atoms with E-state index in [1.807, 2.05) is 13.8 Å². The third-order valence-corrected chi connectivity index (χ3v) is 4.11. The number of rotatable bonds is 7. The van der Waals surface area contributed by atoms with Crippen LogP contribution >= 0.6 is 0 Å². The molecule has 128 valence electrons. The molecule has 1 aliphatic rings. The minimum atomic E-state index is -0.629. The summed E-state index contributed by atoms with van der Waals surface area (Å²) in [5, 5.41) is 0. The monoisotopic (exact) mass is 323 g/mol. The van der Waals surface area contributed by atoms with Gasteiger partial charge >= 0.3 is 11.9 Å². The molecule has 0 bridgehead atoms. The molecule has 0 amide bonds. The summed E-state index contributed by atoms with van der Waals surface area (Å²) >= 11 is 0. The van der Waals surface area contributed by atoms with Crippen LogP contribution in [0.1, 0.15) is 46.0 Å². The van der Waals surface area contributed by atoms with Crippen molar-refractivity contribution in [2.45, 2.75) is 46.0 Å². The molecular formula is C17H25NO5. The Balaban J connectivity index is 3.25.